The lowest BCUT2D eigenvalue weighted by Crippen LogP contribution is -2.00. The van der Waals surface area contributed by atoms with Gasteiger partial charge in [-0.15, -0.1) is 0 Å². The van der Waals surface area contributed by atoms with Gasteiger partial charge in [0.25, 0.3) is 0 Å². The molecule has 0 aromatic heterocycles. The summed E-state index contributed by atoms with van der Waals surface area (Å²) in [5, 5.41) is 8.68. The Labute approximate surface area is 180 Å². The van der Waals surface area contributed by atoms with Crippen molar-refractivity contribution >= 4 is 12.0 Å². The van der Waals surface area contributed by atoms with Crippen LogP contribution < -0.4 is 9.47 Å². The third-order valence-electron chi connectivity index (χ3n) is 5.01. The molecule has 4 nitrogen and oxygen atoms in total. The first-order valence-corrected chi connectivity index (χ1v) is 10.9. The van der Waals surface area contributed by atoms with Gasteiger partial charge in [-0.1, -0.05) is 55.3 Å². The van der Waals surface area contributed by atoms with E-state index in [1.807, 2.05) is 24.3 Å². The van der Waals surface area contributed by atoms with Crippen molar-refractivity contribution in [2.24, 2.45) is 0 Å². The van der Waals surface area contributed by atoms with Gasteiger partial charge < -0.3 is 14.6 Å². The maximum absolute atomic E-state index is 10.5. The molecule has 0 fully saturated rings. The van der Waals surface area contributed by atoms with Gasteiger partial charge in [-0.05, 0) is 67.9 Å². The number of carboxylic acid groups (broad SMARTS) is 1. The Morgan fingerprint density at radius 1 is 0.933 bits per heavy atom. The van der Waals surface area contributed by atoms with Gasteiger partial charge >= 0.3 is 5.97 Å². The van der Waals surface area contributed by atoms with E-state index in [0.717, 1.165) is 69.5 Å². The van der Waals surface area contributed by atoms with E-state index in [-0.39, 0.29) is 6.42 Å². The first-order chi connectivity index (χ1) is 14.7. The van der Waals surface area contributed by atoms with Crippen molar-refractivity contribution in [3.8, 4) is 11.5 Å². The molecule has 0 radical (unpaired) electrons. The largest absolute Gasteiger partial charge is 0.497 e. The number of carbonyl (C=O) groups is 1. The average molecular weight is 411 g/mol. The Kier molecular flexibility index (Phi) is 11.2. The highest BCUT2D eigenvalue weighted by molar-refractivity contribution is 5.66. The molecule has 0 aliphatic heterocycles. The molecule has 4 heteroatoms. The van der Waals surface area contributed by atoms with E-state index >= 15 is 0 Å². The van der Waals surface area contributed by atoms with Gasteiger partial charge in [-0.2, -0.15) is 0 Å². The van der Waals surface area contributed by atoms with E-state index in [2.05, 4.69) is 36.4 Å². The Hall–Kier alpha value is -2.75. The van der Waals surface area contributed by atoms with Crippen molar-refractivity contribution < 1.29 is 19.4 Å². The van der Waals surface area contributed by atoms with Crippen LogP contribution >= 0.6 is 0 Å². The average Bonchev–Trinajstić information content (AvgIpc) is 2.76. The van der Waals surface area contributed by atoms with E-state index in [0.29, 0.717) is 0 Å². The fraction of sp³-hybridized carbons (Fsp3) is 0.423. The zero-order valence-corrected chi connectivity index (χ0v) is 18.0. The maximum Gasteiger partial charge on any atom is 0.303 e. The normalized spacial score (nSPS) is 11.0. The number of hydrogen-bond acceptors (Lipinski definition) is 3. The molecule has 0 unspecified atom stereocenters. The number of unbranched alkanes of at least 4 members (excludes halogenated alkanes) is 5. The first-order valence-electron chi connectivity index (χ1n) is 10.9. The monoisotopic (exact) mass is 410 g/mol. The molecule has 0 atom stereocenters. The molecule has 2 rings (SSSR count). The Balaban J connectivity index is 1.61. The number of allylic oxidation sites excluding steroid dienone is 1. The topological polar surface area (TPSA) is 55.8 Å². The molecule has 0 saturated carbocycles. The Morgan fingerprint density at radius 2 is 1.70 bits per heavy atom. The van der Waals surface area contributed by atoms with Gasteiger partial charge in [0.15, 0.2) is 0 Å². The summed E-state index contributed by atoms with van der Waals surface area (Å²) in [5.74, 6) is 1.16. The van der Waals surface area contributed by atoms with Crippen LogP contribution in [0.4, 0.5) is 0 Å². The highest BCUT2D eigenvalue weighted by Crippen LogP contribution is 2.21. The van der Waals surface area contributed by atoms with Crippen molar-refractivity contribution in [3.05, 3.63) is 65.7 Å². The minimum absolute atomic E-state index is 0.273. The van der Waals surface area contributed by atoms with Crippen molar-refractivity contribution in [2.75, 3.05) is 13.7 Å². The molecule has 0 saturated heterocycles. The highest BCUT2D eigenvalue weighted by atomic mass is 16.5. The van der Waals surface area contributed by atoms with Gasteiger partial charge in [0.2, 0.25) is 0 Å². The van der Waals surface area contributed by atoms with E-state index in [4.69, 9.17) is 14.6 Å². The number of carboxylic acids is 1. The molecule has 0 amide bonds. The summed E-state index contributed by atoms with van der Waals surface area (Å²) in [4.78, 5) is 10.5. The standard InChI is InChI=1S/C26H34O4/c1-29-24-19-17-22(18-20-24)12-6-4-5-11-21-30-25-15-10-9-14-23(25)13-7-2-3-8-16-26(27)28/h6,9-10,12,14-15,17-20H,2-5,7-8,11,13,16,21H2,1H3,(H,27,28)/b12-6+. The molecule has 0 aliphatic rings. The summed E-state index contributed by atoms with van der Waals surface area (Å²) in [5.41, 5.74) is 2.43. The molecule has 162 valence electrons. The third-order valence-corrected chi connectivity index (χ3v) is 5.01. The minimum atomic E-state index is -0.704. The van der Waals surface area contributed by atoms with Crippen LogP contribution in [0.2, 0.25) is 0 Å². The molecule has 30 heavy (non-hydrogen) atoms. The summed E-state index contributed by atoms with van der Waals surface area (Å²) in [6.45, 7) is 0.728. The lowest BCUT2D eigenvalue weighted by molar-refractivity contribution is -0.137. The van der Waals surface area contributed by atoms with Gasteiger partial charge in [0, 0.05) is 6.42 Å². The van der Waals surface area contributed by atoms with Crippen molar-refractivity contribution in [3.63, 3.8) is 0 Å². The smallest absolute Gasteiger partial charge is 0.303 e. The number of methoxy groups -OCH3 is 1. The summed E-state index contributed by atoms with van der Waals surface area (Å²) >= 11 is 0. The molecule has 0 spiro atoms. The lowest BCUT2D eigenvalue weighted by atomic mass is 10.0. The van der Waals surface area contributed by atoms with Crippen molar-refractivity contribution in [1.82, 2.24) is 0 Å². The number of rotatable bonds is 15. The molecular formula is C26H34O4. The van der Waals surface area contributed by atoms with Crippen LogP contribution in [0.25, 0.3) is 6.08 Å². The van der Waals surface area contributed by atoms with Gasteiger partial charge in [0.05, 0.1) is 13.7 Å². The summed E-state index contributed by atoms with van der Waals surface area (Å²) < 4.78 is 11.2. The number of benzene rings is 2. The number of para-hydroxylation sites is 1. The van der Waals surface area contributed by atoms with Crippen LogP contribution in [0.5, 0.6) is 11.5 Å². The number of ether oxygens (including phenoxy) is 2. The molecular weight excluding hydrogens is 376 g/mol. The van der Waals surface area contributed by atoms with E-state index in [1.165, 1.54) is 11.1 Å². The molecule has 1 N–H and O–H groups in total. The Morgan fingerprint density at radius 3 is 2.47 bits per heavy atom. The van der Waals surface area contributed by atoms with Crippen molar-refractivity contribution in [2.45, 2.75) is 57.8 Å². The fourth-order valence-corrected chi connectivity index (χ4v) is 3.28. The van der Waals surface area contributed by atoms with E-state index < -0.39 is 5.97 Å². The quantitative estimate of drug-likeness (QED) is 0.339. The van der Waals surface area contributed by atoms with Gasteiger partial charge in [-0.3, -0.25) is 4.79 Å². The zero-order chi connectivity index (χ0) is 21.4. The lowest BCUT2D eigenvalue weighted by Gasteiger charge is -2.11. The van der Waals surface area contributed by atoms with Crippen LogP contribution in [0.1, 0.15) is 62.5 Å². The van der Waals surface area contributed by atoms with Gasteiger partial charge in [-0.25, -0.2) is 0 Å². The van der Waals surface area contributed by atoms with Crippen LogP contribution in [0.15, 0.2) is 54.6 Å². The van der Waals surface area contributed by atoms with Crippen LogP contribution in [0, 0.1) is 0 Å². The molecule has 0 heterocycles. The molecule has 0 aliphatic carbocycles. The third kappa shape index (κ3) is 9.64. The van der Waals surface area contributed by atoms with Gasteiger partial charge in [0.1, 0.15) is 11.5 Å². The fourth-order valence-electron chi connectivity index (χ4n) is 3.28. The predicted molar refractivity (Wildman–Crippen MR) is 122 cm³/mol. The SMILES string of the molecule is COc1ccc(/C=C/CCCCOc2ccccc2CCCCCCC(=O)O)cc1. The van der Waals surface area contributed by atoms with Crippen LogP contribution in [-0.4, -0.2) is 24.8 Å². The zero-order valence-electron chi connectivity index (χ0n) is 18.0. The molecule has 2 aromatic carbocycles. The first kappa shape index (κ1) is 23.5. The maximum atomic E-state index is 10.5. The molecule has 2 aromatic rings. The second kappa shape index (κ2) is 14.3. The van der Waals surface area contributed by atoms with Crippen LogP contribution in [0.3, 0.4) is 0 Å². The van der Waals surface area contributed by atoms with Crippen LogP contribution in [-0.2, 0) is 11.2 Å². The second-order valence-electron chi connectivity index (χ2n) is 7.44. The summed E-state index contributed by atoms with van der Waals surface area (Å²) in [7, 11) is 1.68. The summed E-state index contributed by atoms with van der Waals surface area (Å²) in [6, 6.07) is 16.3. The predicted octanol–water partition coefficient (Wildman–Crippen LogP) is 6.54. The number of aryl methyl sites for hydroxylation is 1. The number of aliphatic carboxylic acids is 1. The summed E-state index contributed by atoms with van der Waals surface area (Å²) in [6.07, 6.45) is 12.6. The minimum Gasteiger partial charge on any atom is -0.497 e. The number of hydrogen-bond donors (Lipinski definition) is 1. The van der Waals surface area contributed by atoms with E-state index in [9.17, 15) is 4.79 Å². The molecule has 0 bridgehead atoms. The van der Waals surface area contributed by atoms with E-state index in [1.54, 1.807) is 7.11 Å². The highest BCUT2D eigenvalue weighted by Gasteiger charge is 2.03. The van der Waals surface area contributed by atoms with Crippen molar-refractivity contribution in [1.29, 1.82) is 0 Å². The Bertz CT molecular complexity index is 765. The second-order valence-corrected chi connectivity index (χ2v) is 7.44.